The van der Waals surface area contributed by atoms with E-state index in [2.05, 4.69) is 10.6 Å². The maximum absolute atomic E-state index is 12.0. The zero-order valence-electron chi connectivity index (χ0n) is 16.0. The number of carbonyl (C=O) groups is 3. The van der Waals surface area contributed by atoms with Crippen LogP contribution in [0.15, 0.2) is 24.3 Å². The van der Waals surface area contributed by atoms with Crippen LogP contribution in [0.4, 0.5) is 4.79 Å². The molecule has 0 aliphatic rings. The number of imide groups is 1. The monoisotopic (exact) mass is 364 g/mol. The summed E-state index contributed by atoms with van der Waals surface area (Å²) < 4.78 is 10.6. The fourth-order valence-electron chi connectivity index (χ4n) is 2.14. The molecule has 0 aliphatic heterocycles. The van der Waals surface area contributed by atoms with E-state index in [4.69, 9.17) is 9.47 Å². The second kappa shape index (κ2) is 9.79. The predicted molar refractivity (Wildman–Crippen MR) is 97.9 cm³/mol. The molecule has 7 nitrogen and oxygen atoms in total. The van der Waals surface area contributed by atoms with Gasteiger partial charge in [-0.25, -0.2) is 4.79 Å². The summed E-state index contributed by atoms with van der Waals surface area (Å²) in [7, 11) is 0. The first-order valence-electron chi connectivity index (χ1n) is 8.65. The molecule has 0 heterocycles. The van der Waals surface area contributed by atoms with Crippen molar-refractivity contribution in [3.63, 3.8) is 0 Å². The van der Waals surface area contributed by atoms with Crippen LogP contribution in [0.3, 0.4) is 0 Å². The van der Waals surface area contributed by atoms with Crippen LogP contribution in [0, 0.1) is 0 Å². The molecular weight excluding hydrogens is 336 g/mol. The molecule has 0 bridgehead atoms. The topological polar surface area (TPSA) is 93.7 Å². The Hall–Kier alpha value is -2.57. The minimum absolute atomic E-state index is 0.107. The fourth-order valence-corrected chi connectivity index (χ4v) is 2.14. The highest BCUT2D eigenvalue weighted by molar-refractivity contribution is 5.97. The van der Waals surface area contributed by atoms with Crippen molar-refractivity contribution in [3.8, 4) is 5.75 Å². The van der Waals surface area contributed by atoms with Crippen molar-refractivity contribution in [2.45, 2.75) is 59.1 Å². The van der Waals surface area contributed by atoms with Gasteiger partial charge in [0.1, 0.15) is 5.75 Å². The number of para-hydroxylation sites is 1. The zero-order valence-corrected chi connectivity index (χ0v) is 16.0. The number of benzene rings is 1. The Morgan fingerprint density at radius 1 is 1.15 bits per heavy atom. The highest BCUT2D eigenvalue weighted by atomic mass is 16.5. The van der Waals surface area contributed by atoms with E-state index < -0.39 is 29.6 Å². The molecule has 144 valence electrons. The lowest BCUT2D eigenvalue weighted by Gasteiger charge is -2.21. The van der Waals surface area contributed by atoms with Gasteiger partial charge in [-0.1, -0.05) is 18.2 Å². The molecule has 2 N–H and O–H groups in total. The van der Waals surface area contributed by atoms with Crippen molar-refractivity contribution in [1.29, 1.82) is 0 Å². The second-order valence-electron chi connectivity index (χ2n) is 6.87. The van der Waals surface area contributed by atoms with Gasteiger partial charge in [-0.05, 0) is 52.7 Å². The van der Waals surface area contributed by atoms with E-state index in [0.29, 0.717) is 13.0 Å². The second-order valence-corrected chi connectivity index (χ2v) is 6.87. The van der Waals surface area contributed by atoms with Crippen LogP contribution in [-0.4, -0.2) is 36.2 Å². The predicted octanol–water partition coefficient (Wildman–Crippen LogP) is 2.57. The molecule has 0 saturated heterocycles. The van der Waals surface area contributed by atoms with Gasteiger partial charge in [-0.15, -0.1) is 0 Å². The molecular formula is C19H28N2O5. The average Bonchev–Trinajstić information content (AvgIpc) is 2.52. The van der Waals surface area contributed by atoms with E-state index in [0.717, 1.165) is 11.3 Å². The standard InChI is InChI=1S/C19H28N2O5/c1-6-25-15-10-8-7-9-14(15)11-12-16(22)26-13(2)17(23)20-18(24)21-19(3,4)5/h7-10,13H,6,11-12H2,1-5H3,(H2,20,21,23,24)/t13-/m1/s1. The summed E-state index contributed by atoms with van der Waals surface area (Å²) >= 11 is 0. The van der Waals surface area contributed by atoms with Gasteiger partial charge < -0.3 is 14.8 Å². The summed E-state index contributed by atoms with van der Waals surface area (Å²) in [4.78, 5) is 35.6. The third-order valence-electron chi connectivity index (χ3n) is 3.27. The number of hydrogen-bond donors (Lipinski definition) is 2. The first-order chi connectivity index (χ1) is 12.1. The van der Waals surface area contributed by atoms with Gasteiger partial charge >= 0.3 is 12.0 Å². The van der Waals surface area contributed by atoms with E-state index in [1.54, 1.807) is 20.8 Å². The highest BCUT2D eigenvalue weighted by Gasteiger charge is 2.22. The van der Waals surface area contributed by atoms with Crippen LogP contribution in [0.25, 0.3) is 0 Å². The normalized spacial score (nSPS) is 12.0. The molecule has 1 aromatic carbocycles. The van der Waals surface area contributed by atoms with Crippen LogP contribution in [-0.2, 0) is 20.7 Å². The minimum atomic E-state index is -1.06. The Kier molecular flexibility index (Phi) is 8.09. The van der Waals surface area contributed by atoms with Crippen LogP contribution in [0.5, 0.6) is 5.75 Å². The van der Waals surface area contributed by atoms with Crippen LogP contribution in [0.2, 0.25) is 0 Å². The quantitative estimate of drug-likeness (QED) is 0.725. The first kappa shape index (κ1) is 21.5. The van der Waals surface area contributed by atoms with Crippen molar-refractivity contribution in [2.24, 2.45) is 0 Å². The number of carbonyl (C=O) groups excluding carboxylic acids is 3. The molecule has 7 heteroatoms. The van der Waals surface area contributed by atoms with Gasteiger partial charge in [0.25, 0.3) is 5.91 Å². The lowest BCUT2D eigenvalue weighted by atomic mass is 10.1. The van der Waals surface area contributed by atoms with Crippen molar-refractivity contribution >= 4 is 17.9 Å². The number of urea groups is 1. The van der Waals surface area contributed by atoms with Crippen LogP contribution in [0.1, 0.15) is 46.6 Å². The minimum Gasteiger partial charge on any atom is -0.494 e. The molecule has 3 amide bonds. The van der Waals surface area contributed by atoms with Crippen LogP contribution < -0.4 is 15.4 Å². The molecule has 0 radical (unpaired) electrons. The Balaban J connectivity index is 2.47. The number of esters is 1. The molecule has 0 saturated carbocycles. The summed E-state index contributed by atoms with van der Waals surface area (Å²) in [5.74, 6) is -0.461. The summed E-state index contributed by atoms with van der Waals surface area (Å²) in [6, 6.07) is 6.82. The highest BCUT2D eigenvalue weighted by Crippen LogP contribution is 2.19. The summed E-state index contributed by atoms with van der Waals surface area (Å²) in [5.41, 5.74) is 0.422. The molecule has 26 heavy (non-hydrogen) atoms. The van der Waals surface area contributed by atoms with Gasteiger partial charge in [-0.2, -0.15) is 0 Å². The lowest BCUT2D eigenvalue weighted by molar-refractivity contribution is -0.154. The average molecular weight is 364 g/mol. The van der Waals surface area contributed by atoms with E-state index >= 15 is 0 Å². The van der Waals surface area contributed by atoms with Crippen molar-refractivity contribution < 1.29 is 23.9 Å². The van der Waals surface area contributed by atoms with Crippen LogP contribution >= 0.6 is 0 Å². The van der Waals surface area contributed by atoms with E-state index in [9.17, 15) is 14.4 Å². The van der Waals surface area contributed by atoms with Gasteiger partial charge in [0.05, 0.1) is 6.61 Å². The lowest BCUT2D eigenvalue weighted by Crippen LogP contribution is -2.50. The largest absolute Gasteiger partial charge is 0.494 e. The molecule has 0 spiro atoms. The van der Waals surface area contributed by atoms with Crippen molar-refractivity contribution in [3.05, 3.63) is 29.8 Å². The fraction of sp³-hybridized carbons (Fsp3) is 0.526. The van der Waals surface area contributed by atoms with E-state index in [1.165, 1.54) is 6.92 Å². The Morgan fingerprint density at radius 3 is 2.42 bits per heavy atom. The number of rotatable bonds is 7. The maximum atomic E-state index is 12.0. The number of aryl methyl sites for hydroxylation is 1. The van der Waals surface area contributed by atoms with Crippen molar-refractivity contribution in [1.82, 2.24) is 10.6 Å². The maximum Gasteiger partial charge on any atom is 0.321 e. The Morgan fingerprint density at radius 2 is 1.81 bits per heavy atom. The van der Waals surface area contributed by atoms with Crippen molar-refractivity contribution in [2.75, 3.05) is 6.61 Å². The van der Waals surface area contributed by atoms with E-state index in [1.807, 2.05) is 31.2 Å². The first-order valence-corrected chi connectivity index (χ1v) is 8.65. The number of ether oxygens (including phenoxy) is 2. The smallest absolute Gasteiger partial charge is 0.321 e. The number of hydrogen-bond acceptors (Lipinski definition) is 5. The summed E-state index contributed by atoms with van der Waals surface area (Å²) in [6.45, 7) is 9.23. The third-order valence-corrected chi connectivity index (χ3v) is 3.27. The number of amides is 3. The molecule has 0 aliphatic carbocycles. The Labute approximate surface area is 154 Å². The SMILES string of the molecule is CCOc1ccccc1CCC(=O)O[C@H](C)C(=O)NC(=O)NC(C)(C)C. The molecule has 1 aromatic rings. The van der Waals surface area contributed by atoms with E-state index in [-0.39, 0.29) is 6.42 Å². The molecule has 0 unspecified atom stereocenters. The molecule has 0 fully saturated rings. The molecule has 1 rings (SSSR count). The Bertz CT molecular complexity index is 637. The van der Waals surface area contributed by atoms with Gasteiger partial charge in [0.2, 0.25) is 0 Å². The summed E-state index contributed by atoms with van der Waals surface area (Å²) in [6.07, 6.45) is -0.514. The molecule has 0 aromatic heterocycles. The van der Waals surface area contributed by atoms with Gasteiger partial charge in [0.15, 0.2) is 6.10 Å². The number of nitrogens with one attached hydrogen (secondary N) is 2. The van der Waals surface area contributed by atoms with Gasteiger partial charge in [-0.3, -0.25) is 14.9 Å². The third kappa shape index (κ3) is 8.00. The summed E-state index contributed by atoms with van der Waals surface area (Å²) in [5, 5.41) is 4.75. The zero-order chi connectivity index (χ0) is 19.7. The molecule has 1 atom stereocenters. The van der Waals surface area contributed by atoms with Gasteiger partial charge in [0, 0.05) is 12.0 Å².